The average Bonchev–Trinajstić information content (AvgIpc) is 2.99. The number of halogens is 3. The molecule has 7 nitrogen and oxygen atoms in total. The van der Waals surface area contributed by atoms with Crippen LogP contribution in [0, 0.1) is 5.92 Å². The van der Waals surface area contributed by atoms with Gasteiger partial charge in [0.25, 0.3) is 11.6 Å². The number of nitrogens with one attached hydrogen (secondary N) is 1. The van der Waals surface area contributed by atoms with E-state index in [1.54, 1.807) is 6.07 Å². The van der Waals surface area contributed by atoms with E-state index in [2.05, 4.69) is 15.3 Å². The molecule has 1 atom stereocenters. The highest BCUT2D eigenvalue weighted by Crippen LogP contribution is 2.35. The van der Waals surface area contributed by atoms with Crippen molar-refractivity contribution in [1.29, 1.82) is 0 Å². The number of hydrogen-bond donors (Lipinski definition) is 1. The second kappa shape index (κ2) is 9.82. The van der Waals surface area contributed by atoms with Gasteiger partial charge in [-0.2, -0.15) is 4.98 Å². The summed E-state index contributed by atoms with van der Waals surface area (Å²) in [5.41, 5.74) is 0.474. The number of amides is 1. The van der Waals surface area contributed by atoms with Gasteiger partial charge in [-0.3, -0.25) is 4.79 Å². The van der Waals surface area contributed by atoms with Crippen molar-refractivity contribution in [2.24, 2.45) is 5.92 Å². The van der Waals surface area contributed by atoms with Crippen LogP contribution in [0.25, 0.3) is 10.3 Å². The molecule has 11 heteroatoms. The topological polar surface area (TPSA) is 82.6 Å². The number of rotatable bonds is 10. The van der Waals surface area contributed by atoms with E-state index in [0.717, 1.165) is 24.2 Å². The minimum atomic E-state index is -2.57. The molecule has 0 radical (unpaired) electrons. The average molecular weight is 450 g/mol. The summed E-state index contributed by atoms with van der Waals surface area (Å²) < 4.78 is 40.9. The molecule has 0 aromatic carbocycles. The third-order valence-electron chi connectivity index (χ3n) is 4.30. The third-order valence-corrected chi connectivity index (χ3v) is 5.45. The van der Waals surface area contributed by atoms with Crippen molar-refractivity contribution >= 4 is 39.2 Å². The molecular formula is C18H22ClF2N3O4S. The predicted octanol–water partition coefficient (Wildman–Crippen LogP) is 3.69. The van der Waals surface area contributed by atoms with Crippen LogP contribution in [-0.2, 0) is 9.53 Å². The smallest absolute Gasteiger partial charge is 0.276 e. The summed E-state index contributed by atoms with van der Waals surface area (Å²) in [6.07, 6.45) is -0.694. The lowest BCUT2D eigenvalue weighted by atomic mass is 9.83. The van der Waals surface area contributed by atoms with Crippen molar-refractivity contribution < 1.29 is 27.8 Å². The van der Waals surface area contributed by atoms with Gasteiger partial charge in [-0.05, 0) is 31.7 Å². The molecule has 1 amide bonds. The Bertz CT molecular complexity index is 848. The highest BCUT2D eigenvalue weighted by Gasteiger charge is 2.31. The van der Waals surface area contributed by atoms with Crippen LogP contribution in [0.2, 0.25) is 5.02 Å². The quantitative estimate of drug-likeness (QED) is 0.595. The number of pyridine rings is 1. The summed E-state index contributed by atoms with van der Waals surface area (Å²) in [7, 11) is 0. The van der Waals surface area contributed by atoms with Crippen molar-refractivity contribution in [1.82, 2.24) is 15.3 Å². The van der Waals surface area contributed by atoms with Crippen LogP contribution in [0.4, 0.5) is 8.78 Å². The molecule has 0 aliphatic heterocycles. The summed E-state index contributed by atoms with van der Waals surface area (Å²) in [4.78, 5) is 19.9. The predicted molar refractivity (Wildman–Crippen MR) is 105 cm³/mol. The Balaban J connectivity index is 1.45. The molecule has 2 aromatic rings. The Hall–Kier alpha value is -1.78. The maximum absolute atomic E-state index is 12.3. The third kappa shape index (κ3) is 6.35. The van der Waals surface area contributed by atoms with Crippen molar-refractivity contribution in [3.05, 3.63) is 11.1 Å². The van der Waals surface area contributed by atoms with E-state index >= 15 is 0 Å². The lowest BCUT2D eigenvalue weighted by Gasteiger charge is -2.35. The van der Waals surface area contributed by atoms with Crippen molar-refractivity contribution in [3.63, 3.8) is 0 Å². The van der Waals surface area contributed by atoms with Crippen LogP contribution in [0.3, 0.4) is 0 Å². The van der Waals surface area contributed by atoms with Gasteiger partial charge in [0.1, 0.15) is 10.5 Å². The molecule has 1 saturated carbocycles. The molecule has 0 unspecified atom stereocenters. The van der Waals surface area contributed by atoms with Crippen LogP contribution >= 0.6 is 22.9 Å². The number of aromatic nitrogens is 2. The van der Waals surface area contributed by atoms with Crippen LogP contribution in [0.1, 0.15) is 26.7 Å². The Labute approximate surface area is 175 Å². The summed E-state index contributed by atoms with van der Waals surface area (Å²) in [6.45, 7) is 3.59. The molecule has 1 aliphatic rings. The molecule has 160 valence electrons. The number of thiazole rings is 1. The highest BCUT2D eigenvalue weighted by molar-refractivity contribution is 7.19. The van der Waals surface area contributed by atoms with Gasteiger partial charge in [0.05, 0.1) is 19.3 Å². The number of carbonyl (C=O) groups is 1. The monoisotopic (exact) mass is 449 g/mol. The second-order valence-electron chi connectivity index (χ2n) is 6.99. The van der Waals surface area contributed by atoms with Crippen LogP contribution < -0.4 is 14.8 Å². The summed E-state index contributed by atoms with van der Waals surface area (Å²) in [5, 5.41) is 3.20. The zero-order valence-electron chi connectivity index (χ0n) is 16.0. The first kappa shape index (κ1) is 21.9. The van der Waals surface area contributed by atoms with E-state index in [1.165, 1.54) is 6.92 Å². The standard InChI is InChI=1S/C18H22ClF2N3O4S/c1-9(22-10(2)25)6-26-12-3-11(4-12)7-27-16-13(19)5-14-17(24-16)29-18(23-14)28-8-15(20)21/h5,9,11-12,15H,3-4,6-8H2,1-2H3,(H,22,25)/t9-,11-,12-/m0/s1. The van der Waals surface area contributed by atoms with E-state index in [1.807, 2.05) is 6.92 Å². The normalized spacial score (nSPS) is 19.8. The molecule has 2 aromatic heterocycles. The number of nitrogens with zero attached hydrogens (tertiary/aromatic N) is 2. The summed E-state index contributed by atoms with van der Waals surface area (Å²) in [5.74, 6) is 0.541. The van der Waals surface area contributed by atoms with E-state index in [0.29, 0.717) is 34.5 Å². The van der Waals surface area contributed by atoms with E-state index in [9.17, 15) is 13.6 Å². The lowest BCUT2D eigenvalue weighted by molar-refractivity contribution is -0.120. The molecule has 29 heavy (non-hydrogen) atoms. The molecule has 0 bridgehead atoms. The largest absolute Gasteiger partial charge is 0.476 e. The maximum Gasteiger partial charge on any atom is 0.276 e. The number of fused-ring (bicyclic) bond motifs is 1. The zero-order valence-corrected chi connectivity index (χ0v) is 17.6. The van der Waals surface area contributed by atoms with E-state index in [-0.39, 0.29) is 29.1 Å². The van der Waals surface area contributed by atoms with Gasteiger partial charge >= 0.3 is 0 Å². The molecule has 1 fully saturated rings. The minimum absolute atomic E-state index is 0.0218. The van der Waals surface area contributed by atoms with Crippen molar-refractivity contribution in [2.45, 2.75) is 45.3 Å². The van der Waals surface area contributed by atoms with Crippen LogP contribution in [0.15, 0.2) is 6.07 Å². The minimum Gasteiger partial charge on any atom is -0.476 e. The Morgan fingerprint density at radius 1 is 1.34 bits per heavy atom. The number of hydrogen-bond acceptors (Lipinski definition) is 7. The van der Waals surface area contributed by atoms with Gasteiger partial charge in [-0.15, -0.1) is 0 Å². The Morgan fingerprint density at radius 3 is 2.79 bits per heavy atom. The maximum atomic E-state index is 12.3. The van der Waals surface area contributed by atoms with Gasteiger partial charge < -0.3 is 19.5 Å². The molecule has 3 rings (SSSR count). The second-order valence-corrected chi connectivity index (χ2v) is 8.33. The van der Waals surface area contributed by atoms with E-state index in [4.69, 9.17) is 25.8 Å². The zero-order chi connectivity index (χ0) is 21.0. The van der Waals surface area contributed by atoms with E-state index < -0.39 is 13.0 Å². The molecule has 1 N–H and O–H groups in total. The number of ether oxygens (including phenoxy) is 3. The van der Waals surface area contributed by atoms with Crippen molar-refractivity contribution in [2.75, 3.05) is 19.8 Å². The molecule has 1 aliphatic carbocycles. The fourth-order valence-corrected chi connectivity index (χ4v) is 3.89. The van der Waals surface area contributed by atoms with Gasteiger partial charge in [0, 0.05) is 13.0 Å². The fraction of sp³-hybridized carbons (Fsp3) is 0.611. The van der Waals surface area contributed by atoms with Gasteiger partial charge in [-0.1, -0.05) is 22.9 Å². The molecule has 0 spiro atoms. The first-order valence-corrected chi connectivity index (χ1v) is 10.4. The molecular weight excluding hydrogens is 428 g/mol. The summed E-state index contributed by atoms with van der Waals surface area (Å²) >= 11 is 7.26. The SMILES string of the molecule is CC(=O)N[C@@H](C)CO[C@H]1C[C@H](COc2nc3sc(OCC(F)F)nc3cc2Cl)C1. The Morgan fingerprint density at radius 2 is 2.10 bits per heavy atom. The van der Waals surface area contributed by atoms with Gasteiger partial charge in [0.2, 0.25) is 11.8 Å². The lowest BCUT2D eigenvalue weighted by Crippen LogP contribution is -2.40. The first-order chi connectivity index (χ1) is 13.8. The first-order valence-electron chi connectivity index (χ1n) is 9.19. The van der Waals surface area contributed by atoms with Gasteiger partial charge in [0.15, 0.2) is 11.4 Å². The number of carbonyl (C=O) groups excluding carboxylic acids is 1. The fourth-order valence-electron chi connectivity index (χ4n) is 2.92. The molecule has 0 saturated heterocycles. The Kier molecular flexibility index (Phi) is 7.42. The van der Waals surface area contributed by atoms with Crippen LogP contribution in [-0.4, -0.2) is 54.3 Å². The van der Waals surface area contributed by atoms with Gasteiger partial charge in [-0.25, -0.2) is 13.8 Å². The summed E-state index contributed by atoms with van der Waals surface area (Å²) in [6, 6.07) is 1.56. The highest BCUT2D eigenvalue weighted by atomic mass is 35.5. The van der Waals surface area contributed by atoms with Crippen LogP contribution in [0.5, 0.6) is 11.1 Å². The number of alkyl halides is 2. The molecule has 2 heterocycles. The van der Waals surface area contributed by atoms with Crippen molar-refractivity contribution in [3.8, 4) is 11.1 Å².